The Morgan fingerprint density at radius 2 is 1.70 bits per heavy atom. The highest BCUT2D eigenvalue weighted by atomic mass is 16.7. The molecule has 2 aliphatic heterocycles. The Hall–Kier alpha value is -3.62. The summed E-state index contributed by atoms with van der Waals surface area (Å²) in [6.07, 6.45) is 1.62. The first-order valence-corrected chi connectivity index (χ1v) is 9.67. The van der Waals surface area contributed by atoms with Crippen LogP contribution in [0, 0.1) is 10.1 Å². The summed E-state index contributed by atoms with van der Waals surface area (Å²) < 4.78 is 15.9. The summed E-state index contributed by atoms with van der Waals surface area (Å²) in [5.74, 6) is -0.912. The molecule has 1 unspecified atom stereocenters. The van der Waals surface area contributed by atoms with Crippen LogP contribution in [0.2, 0.25) is 0 Å². The van der Waals surface area contributed by atoms with Gasteiger partial charge in [0.1, 0.15) is 5.56 Å². The molecule has 9 heteroatoms. The normalized spacial score (nSPS) is 16.1. The van der Waals surface area contributed by atoms with Crippen LogP contribution in [-0.4, -0.2) is 41.6 Å². The van der Waals surface area contributed by atoms with Gasteiger partial charge in [0, 0.05) is 24.7 Å². The van der Waals surface area contributed by atoms with E-state index in [0.717, 1.165) is 25.3 Å². The number of ether oxygens (including phenoxy) is 3. The number of likely N-dealkylation sites (tertiary alicyclic amines) is 1. The Kier molecular flexibility index (Phi) is 5.51. The minimum absolute atomic E-state index is 0.0922. The number of nitro groups is 1. The minimum atomic E-state index is -1.19. The molecule has 0 saturated carbocycles. The fraction of sp³-hybridized carbons (Fsp3) is 0.333. The molecule has 2 aromatic carbocycles. The lowest BCUT2D eigenvalue weighted by molar-refractivity contribution is -0.385. The smallest absolute Gasteiger partial charge is 0.346 e. The molecule has 2 aromatic rings. The number of benzene rings is 2. The Balaban J connectivity index is 1.65. The van der Waals surface area contributed by atoms with Crippen molar-refractivity contribution in [2.75, 3.05) is 19.9 Å². The molecule has 4 rings (SSSR count). The number of hydrogen-bond acceptors (Lipinski definition) is 7. The second kappa shape index (κ2) is 8.40. The quantitative estimate of drug-likeness (QED) is 0.421. The zero-order chi connectivity index (χ0) is 21.1. The van der Waals surface area contributed by atoms with Gasteiger partial charge in [0.15, 0.2) is 11.5 Å². The molecule has 1 saturated heterocycles. The fourth-order valence-electron chi connectivity index (χ4n) is 3.59. The monoisotopic (exact) mass is 412 g/mol. The second-order valence-corrected chi connectivity index (χ2v) is 7.06. The Morgan fingerprint density at radius 1 is 1.03 bits per heavy atom. The number of nitro benzene ring substituents is 1. The Labute approximate surface area is 172 Å². The number of piperidine rings is 1. The Morgan fingerprint density at radius 3 is 2.37 bits per heavy atom. The van der Waals surface area contributed by atoms with Crippen molar-refractivity contribution in [1.82, 2.24) is 4.90 Å². The van der Waals surface area contributed by atoms with Crippen molar-refractivity contribution in [3.63, 3.8) is 0 Å². The van der Waals surface area contributed by atoms with Crippen molar-refractivity contribution < 1.29 is 28.7 Å². The molecule has 1 amide bonds. The summed E-state index contributed by atoms with van der Waals surface area (Å²) in [6.45, 7) is 1.08. The van der Waals surface area contributed by atoms with Crippen LogP contribution in [0.4, 0.5) is 5.69 Å². The molecule has 0 N–H and O–H groups in total. The highest BCUT2D eigenvalue weighted by Crippen LogP contribution is 2.38. The Bertz CT molecular complexity index is 971. The third kappa shape index (κ3) is 3.91. The molecule has 0 aromatic heterocycles. The van der Waals surface area contributed by atoms with Gasteiger partial charge in [0.25, 0.3) is 11.6 Å². The first kappa shape index (κ1) is 19.7. The number of amides is 1. The molecule has 9 nitrogen and oxygen atoms in total. The topological polar surface area (TPSA) is 108 Å². The maximum Gasteiger partial charge on any atom is 0.346 e. The highest BCUT2D eigenvalue weighted by Gasteiger charge is 2.34. The summed E-state index contributed by atoms with van der Waals surface area (Å²) in [5.41, 5.74) is -0.261. The van der Waals surface area contributed by atoms with Gasteiger partial charge >= 0.3 is 5.97 Å². The molecule has 30 heavy (non-hydrogen) atoms. The van der Waals surface area contributed by atoms with Crippen molar-refractivity contribution in [1.29, 1.82) is 0 Å². The predicted molar refractivity (Wildman–Crippen MR) is 104 cm³/mol. The molecule has 2 aliphatic rings. The van der Waals surface area contributed by atoms with Crippen LogP contribution in [0.5, 0.6) is 11.5 Å². The summed E-state index contributed by atoms with van der Waals surface area (Å²) in [6, 6.07) is 11.0. The first-order valence-electron chi connectivity index (χ1n) is 9.67. The number of carbonyl (C=O) groups excluding carboxylic acids is 2. The van der Waals surface area contributed by atoms with E-state index in [2.05, 4.69) is 0 Å². The summed E-state index contributed by atoms with van der Waals surface area (Å²) in [4.78, 5) is 38.6. The number of carbonyl (C=O) groups is 2. The molecular weight excluding hydrogens is 392 g/mol. The van der Waals surface area contributed by atoms with Crippen LogP contribution in [0.25, 0.3) is 0 Å². The molecule has 0 radical (unpaired) electrons. The number of esters is 1. The van der Waals surface area contributed by atoms with Crippen molar-refractivity contribution in [2.24, 2.45) is 0 Å². The lowest BCUT2D eigenvalue weighted by Gasteiger charge is -2.30. The van der Waals surface area contributed by atoms with Crippen molar-refractivity contribution >= 4 is 17.6 Å². The molecule has 0 aliphatic carbocycles. The van der Waals surface area contributed by atoms with Gasteiger partial charge in [0.2, 0.25) is 12.9 Å². The van der Waals surface area contributed by atoms with Gasteiger partial charge in [-0.2, -0.15) is 0 Å². The largest absolute Gasteiger partial charge is 0.454 e. The number of hydrogen-bond donors (Lipinski definition) is 0. The molecule has 1 fully saturated rings. The number of fused-ring (bicyclic) bond motifs is 1. The number of nitrogens with zero attached hydrogens (tertiary/aromatic N) is 2. The van der Waals surface area contributed by atoms with Gasteiger partial charge in [-0.15, -0.1) is 0 Å². The predicted octanol–water partition coefficient (Wildman–Crippen LogP) is 3.23. The van der Waals surface area contributed by atoms with Crippen LogP contribution in [-0.2, 0) is 9.53 Å². The third-order valence-electron chi connectivity index (χ3n) is 5.13. The van der Waals surface area contributed by atoms with Crippen LogP contribution in [0.15, 0.2) is 42.5 Å². The third-order valence-corrected chi connectivity index (χ3v) is 5.13. The molecule has 0 bridgehead atoms. The van der Waals surface area contributed by atoms with E-state index in [1.807, 2.05) is 0 Å². The van der Waals surface area contributed by atoms with E-state index in [0.29, 0.717) is 18.7 Å². The van der Waals surface area contributed by atoms with E-state index in [1.54, 1.807) is 35.2 Å². The van der Waals surface area contributed by atoms with Gasteiger partial charge in [-0.3, -0.25) is 14.9 Å². The fourth-order valence-corrected chi connectivity index (χ4v) is 3.59. The van der Waals surface area contributed by atoms with Gasteiger partial charge in [0.05, 0.1) is 11.0 Å². The second-order valence-electron chi connectivity index (χ2n) is 7.06. The van der Waals surface area contributed by atoms with Crippen LogP contribution < -0.4 is 9.47 Å². The molecule has 2 heterocycles. The number of rotatable bonds is 5. The minimum Gasteiger partial charge on any atom is -0.454 e. The first-order chi connectivity index (χ1) is 14.5. The summed E-state index contributed by atoms with van der Waals surface area (Å²) in [7, 11) is 0. The lowest BCUT2D eigenvalue weighted by atomic mass is 10.1. The lowest BCUT2D eigenvalue weighted by Crippen LogP contribution is -2.40. The van der Waals surface area contributed by atoms with Crippen molar-refractivity contribution in [2.45, 2.75) is 25.4 Å². The molecular formula is C21H20N2O7. The maximum atomic E-state index is 13.1. The van der Waals surface area contributed by atoms with Crippen molar-refractivity contribution in [3.05, 3.63) is 63.7 Å². The maximum absolute atomic E-state index is 13.1. The molecule has 0 spiro atoms. The zero-order valence-electron chi connectivity index (χ0n) is 16.1. The van der Waals surface area contributed by atoms with E-state index < -0.39 is 22.7 Å². The van der Waals surface area contributed by atoms with Gasteiger partial charge in [-0.1, -0.05) is 30.3 Å². The van der Waals surface area contributed by atoms with Crippen LogP contribution in [0.1, 0.15) is 41.3 Å². The van der Waals surface area contributed by atoms with E-state index in [9.17, 15) is 19.7 Å². The SMILES string of the molecule is O=C(OC(C(=O)N1CCCCC1)c1ccccc1)c1cc2c(cc1[N+](=O)[O-])OCO2. The van der Waals surface area contributed by atoms with E-state index in [4.69, 9.17) is 14.2 Å². The van der Waals surface area contributed by atoms with Gasteiger partial charge < -0.3 is 19.1 Å². The van der Waals surface area contributed by atoms with Gasteiger partial charge in [-0.25, -0.2) is 4.79 Å². The van der Waals surface area contributed by atoms with Crippen LogP contribution >= 0.6 is 0 Å². The van der Waals surface area contributed by atoms with Gasteiger partial charge in [-0.05, 0) is 19.3 Å². The average molecular weight is 412 g/mol. The van der Waals surface area contributed by atoms with Crippen molar-refractivity contribution in [3.8, 4) is 11.5 Å². The molecule has 156 valence electrons. The summed E-state index contributed by atoms with van der Waals surface area (Å²) in [5, 5.41) is 11.5. The van der Waals surface area contributed by atoms with E-state index >= 15 is 0 Å². The standard InChI is InChI=1S/C21H20N2O7/c24-20(22-9-5-2-6-10-22)19(14-7-3-1-4-8-14)30-21(25)15-11-17-18(29-13-28-17)12-16(15)23(26)27/h1,3-4,7-8,11-12,19H,2,5-6,9-10,13H2. The van der Waals surface area contributed by atoms with E-state index in [-0.39, 0.29) is 29.8 Å². The zero-order valence-corrected chi connectivity index (χ0v) is 16.1. The highest BCUT2D eigenvalue weighted by molar-refractivity contribution is 5.97. The summed E-state index contributed by atoms with van der Waals surface area (Å²) >= 11 is 0. The molecule has 1 atom stereocenters. The van der Waals surface area contributed by atoms with E-state index in [1.165, 1.54) is 6.07 Å². The average Bonchev–Trinajstić information content (AvgIpc) is 3.25. The van der Waals surface area contributed by atoms with Crippen LogP contribution in [0.3, 0.4) is 0 Å².